The Hall–Kier alpha value is -4.30. The van der Waals surface area contributed by atoms with Gasteiger partial charge in [0.25, 0.3) is 11.8 Å². The fourth-order valence-electron chi connectivity index (χ4n) is 4.87. The number of anilines is 3. The van der Waals surface area contributed by atoms with Crippen LogP contribution in [0, 0.1) is 0 Å². The highest BCUT2D eigenvalue weighted by Gasteiger charge is 2.24. The summed E-state index contributed by atoms with van der Waals surface area (Å²) in [5.41, 5.74) is 4.52. The summed E-state index contributed by atoms with van der Waals surface area (Å²) >= 11 is 3.44. The number of piperazine rings is 1. The van der Waals surface area contributed by atoms with Crippen LogP contribution in [0.1, 0.15) is 26.3 Å². The molecule has 0 atom stereocenters. The molecule has 1 saturated heterocycles. The molecule has 204 valence electrons. The van der Waals surface area contributed by atoms with Crippen molar-refractivity contribution in [2.45, 2.75) is 6.54 Å². The number of hydrogen-bond donors (Lipinski definition) is 2. The minimum Gasteiger partial charge on any atom is -0.495 e. The van der Waals surface area contributed by atoms with Gasteiger partial charge in [0, 0.05) is 48.6 Å². The van der Waals surface area contributed by atoms with Crippen LogP contribution in [-0.4, -0.2) is 45.1 Å². The number of halogens is 1. The molecule has 40 heavy (non-hydrogen) atoms. The van der Waals surface area contributed by atoms with E-state index in [-0.39, 0.29) is 11.8 Å². The quantitative estimate of drug-likeness (QED) is 0.261. The van der Waals surface area contributed by atoms with Crippen LogP contribution in [0.15, 0.2) is 102 Å². The minimum atomic E-state index is -0.249. The van der Waals surface area contributed by atoms with Crippen molar-refractivity contribution in [3.63, 3.8) is 0 Å². The fourth-order valence-corrected chi connectivity index (χ4v) is 5.33. The van der Waals surface area contributed by atoms with E-state index in [2.05, 4.69) is 42.4 Å². The van der Waals surface area contributed by atoms with Gasteiger partial charge >= 0.3 is 0 Å². The summed E-state index contributed by atoms with van der Waals surface area (Å²) in [5.74, 6) is 0.409. The number of carbonyl (C=O) groups is 2. The van der Waals surface area contributed by atoms with E-state index < -0.39 is 0 Å². The number of methoxy groups -OCH3 is 1. The third kappa shape index (κ3) is 6.29. The van der Waals surface area contributed by atoms with Crippen LogP contribution in [-0.2, 0) is 6.54 Å². The molecular formula is C32H31BrN4O3. The number of ether oxygens (including phenoxy) is 1. The Morgan fingerprint density at radius 1 is 0.750 bits per heavy atom. The summed E-state index contributed by atoms with van der Waals surface area (Å²) in [5, 5.41) is 6.00. The van der Waals surface area contributed by atoms with Crippen molar-refractivity contribution in [3.8, 4) is 5.75 Å². The van der Waals surface area contributed by atoms with Gasteiger partial charge in [-0.15, -0.1) is 0 Å². The summed E-state index contributed by atoms with van der Waals surface area (Å²) in [6.07, 6.45) is 0. The van der Waals surface area contributed by atoms with Crippen molar-refractivity contribution < 1.29 is 14.3 Å². The molecule has 2 N–H and O–H groups in total. The van der Waals surface area contributed by atoms with Crippen LogP contribution in [0.4, 0.5) is 17.1 Å². The lowest BCUT2D eigenvalue weighted by Gasteiger charge is -2.38. The average Bonchev–Trinajstić information content (AvgIpc) is 3.00. The van der Waals surface area contributed by atoms with E-state index in [9.17, 15) is 9.59 Å². The molecule has 1 heterocycles. The molecule has 4 aromatic rings. The van der Waals surface area contributed by atoms with Gasteiger partial charge in [0.1, 0.15) is 5.75 Å². The molecular weight excluding hydrogens is 568 g/mol. The lowest BCUT2D eigenvalue weighted by Crippen LogP contribution is -2.47. The van der Waals surface area contributed by atoms with Gasteiger partial charge in [0.2, 0.25) is 0 Å². The number of hydrogen-bond acceptors (Lipinski definition) is 5. The monoisotopic (exact) mass is 598 g/mol. The zero-order chi connectivity index (χ0) is 27.9. The second kappa shape index (κ2) is 12.7. The van der Waals surface area contributed by atoms with Crippen molar-refractivity contribution in [2.75, 3.05) is 48.4 Å². The predicted octanol–water partition coefficient (Wildman–Crippen LogP) is 5.97. The third-order valence-electron chi connectivity index (χ3n) is 6.96. The van der Waals surface area contributed by atoms with Gasteiger partial charge in [-0.05, 0) is 64.0 Å². The Morgan fingerprint density at radius 3 is 2.12 bits per heavy atom. The first kappa shape index (κ1) is 27.3. The average molecular weight is 600 g/mol. The van der Waals surface area contributed by atoms with Gasteiger partial charge < -0.3 is 25.2 Å². The van der Waals surface area contributed by atoms with Gasteiger partial charge in [-0.2, -0.15) is 0 Å². The molecule has 0 radical (unpaired) electrons. The molecule has 4 aromatic carbocycles. The third-order valence-corrected chi connectivity index (χ3v) is 7.65. The Labute approximate surface area is 242 Å². The molecule has 1 aliphatic rings. The summed E-state index contributed by atoms with van der Waals surface area (Å²) in [6, 6.07) is 30.6. The Balaban J connectivity index is 1.37. The number of para-hydroxylation sites is 2. The van der Waals surface area contributed by atoms with Crippen LogP contribution in [0.2, 0.25) is 0 Å². The van der Waals surface area contributed by atoms with Crippen molar-refractivity contribution >= 4 is 44.8 Å². The van der Waals surface area contributed by atoms with Crippen LogP contribution < -0.4 is 25.2 Å². The van der Waals surface area contributed by atoms with E-state index >= 15 is 0 Å². The maximum absolute atomic E-state index is 13.5. The standard InChI is InChI=1S/C32H31BrN4O3/c1-40-30-14-8-7-13-29(30)37-19-17-36(18-20-37)28-16-15-24(35-32(39)25-11-5-6-12-27(25)33)21-26(28)31(38)34-22-23-9-3-2-4-10-23/h2-16,21H,17-20,22H2,1H3,(H,34,38)(H,35,39). The second-order valence-electron chi connectivity index (χ2n) is 9.48. The van der Waals surface area contributed by atoms with Gasteiger partial charge in [-0.25, -0.2) is 0 Å². The highest BCUT2D eigenvalue weighted by atomic mass is 79.9. The first-order valence-corrected chi connectivity index (χ1v) is 14.0. The van der Waals surface area contributed by atoms with Crippen LogP contribution in [0.3, 0.4) is 0 Å². The summed E-state index contributed by atoms with van der Waals surface area (Å²) < 4.78 is 6.27. The van der Waals surface area contributed by atoms with E-state index in [0.29, 0.717) is 27.8 Å². The van der Waals surface area contributed by atoms with Gasteiger partial charge in [-0.3, -0.25) is 9.59 Å². The number of nitrogens with one attached hydrogen (secondary N) is 2. The predicted molar refractivity (Wildman–Crippen MR) is 164 cm³/mol. The van der Waals surface area contributed by atoms with Crippen LogP contribution >= 0.6 is 15.9 Å². The van der Waals surface area contributed by atoms with E-state index in [0.717, 1.165) is 48.9 Å². The zero-order valence-electron chi connectivity index (χ0n) is 22.3. The topological polar surface area (TPSA) is 73.9 Å². The van der Waals surface area contributed by atoms with Crippen molar-refractivity contribution in [3.05, 3.63) is 118 Å². The van der Waals surface area contributed by atoms with E-state index in [1.165, 1.54) is 0 Å². The maximum atomic E-state index is 13.5. The summed E-state index contributed by atoms with van der Waals surface area (Å²) in [6.45, 7) is 3.45. The van der Waals surface area contributed by atoms with E-state index in [1.807, 2.05) is 78.9 Å². The van der Waals surface area contributed by atoms with Gasteiger partial charge in [0.05, 0.1) is 23.9 Å². The molecule has 2 amide bonds. The smallest absolute Gasteiger partial charge is 0.256 e. The number of amides is 2. The highest BCUT2D eigenvalue weighted by Crippen LogP contribution is 2.31. The van der Waals surface area contributed by atoms with Crippen LogP contribution in [0.5, 0.6) is 5.75 Å². The molecule has 8 heteroatoms. The minimum absolute atomic E-state index is 0.192. The number of carbonyl (C=O) groups excluding carboxylic acids is 2. The summed E-state index contributed by atoms with van der Waals surface area (Å²) in [7, 11) is 1.69. The molecule has 0 aliphatic carbocycles. The highest BCUT2D eigenvalue weighted by molar-refractivity contribution is 9.10. The molecule has 1 fully saturated rings. The lowest BCUT2D eigenvalue weighted by molar-refractivity contribution is 0.0950. The van der Waals surface area contributed by atoms with Crippen molar-refractivity contribution in [2.24, 2.45) is 0 Å². The van der Waals surface area contributed by atoms with E-state index in [1.54, 1.807) is 19.2 Å². The lowest BCUT2D eigenvalue weighted by atomic mass is 10.1. The zero-order valence-corrected chi connectivity index (χ0v) is 23.9. The largest absolute Gasteiger partial charge is 0.495 e. The Kier molecular flexibility index (Phi) is 8.66. The molecule has 5 rings (SSSR count). The fraction of sp³-hybridized carbons (Fsp3) is 0.188. The number of benzene rings is 4. The maximum Gasteiger partial charge on any atom is 0.256 e. The van der Waals surface area contributed by atoms with Crippen molar-refractivity contribution in [1.29, 1.82) is 0 Å². The van der Waals surface area contributed by atoms with E-state index in [4.69, 9.17) is 4.74 Å². The molecule has 0 aromatic heterocycles. The molecule has 0 saturated carbocycles. The SMILES string of the molecule is COc1ccccc1N1CCN(c2ccc(NC(=O)c3ccccc3Br)cc2C(=O)NCc2ccccc2)CC1. The molecule has 0 bridgehead atoms. The molecule has 0 unspecified atom stereocenters. The molecule has 7 nitrogen and oxygen atoms in total. The van der Waals surface area contributed by atoms with Gasteiger partial charge in [0.15, 0.2) is 0 Å². The number of rotatable bonds is 8. The van der Waals surface area contributed by atoms with Crippen LogP contribution in [0.25, 0.3) is 0 Å². The first-order valence-electron chi connectivity index (χ1n) is 13.2. The normalized spacial score (nSPS) is 13.1. The van der Waals surface area contributed by atoms with Crippen molar-refractivity contribution in [1.82, 2.24) is 5.32 Å². The molecule has 1 aliphatic heterocycles. The molecule has 0 spiro atoms. The second-order valence-corrected chi connectivity index (χ2v) is 10.3. The summed E-state index contributed by atoms with van der Waals surface area (Å²) in [4.78, 5) is 31.0. The number of nitrogens with zero attached hydrogens (tertiary/aromatic N) is 2. The van der Waals surface area contributed by atoms with Gasteiger partial charge in [-0.1, -0.05) is 54.6 Å². The Bertz CT molecular complexity index is 1490. The Morgan fingerprint density at radius 2 is 1.40 bits per heavy atom. The first-order chi connectivity index (χ1) is 19.5.